The molecule has 0 unspecified atom stereocenters. The van der Waals surface area contributed by atoms with Gasteiger partial charge in [0.1, 0.15) is 11.6 Å². The fraction of sp³-hybridized carbons (Fsp3) is 0.0455. The summed E-state index contributed by atoms with van der Waals surface area (Å²) in [4.78, 5) is 3.57. The number of aliphatic imine (C=N–C) groups is 1. The third-order valence-electron chi connectivity index (χ3n) is 3.80. The molecule has 133 valence electrons. The molecule has 0 saturated carbocycles. The molecule has 0 saturated heterocycles. The van der Waals surface area contributed by atoms with Gasteiger partial charge in [0.15, 0.2) is 0 Å². The maximum atomic E-state index is 14.1. The van der Waals surface area contributed by atoms with Gasteiger partial charge in [-0.2, -0.15) is 35.3 Å². The molecule has 0 fully saturated rings. The average molecular weight is 461 g/mol. The van der Waals surface area contributed by atoms with Crippen molar-refractivity contribution in [1.29, 1.82) is 0 Å². The van der Waals surface area contributed by atoms with Crippen molar-refractivity contribution in [2.24, 2.45) is 4.99 Å². The number of rotatable bonds is 2. The molecule has 0 aliphatic carbocycles. The monoisotopic (exact) mass is 462 g/mol. The fourth-order valence-corrected chi connectivity index (χ4v) is 2.59. The van der Waals surface area contributed by atoms with Crippen LogP contribution in [0.1, 0.15) is 16.7 Å². The molecule has 27 heavy (non-hydrogen) atoms. The summed E-state index contributed by atoms with van der Waals surface area (Å²) in [5.74, 6) is 3.85. The van der Waals surface area contributed by atoms with Gasteiger partial charge in [0.25, 0.3) is 0 Å². The Morgan fingerprint density at radius 1 is 0.926 bits per heavy atom. The van der Waals surface area contributed by atoms with Crippen LogP contribution in [-0.2, 0) is 19.5 Å². The van der Waals surface area contributed by atoms with Crippen LogP contribution in [0.4, 0.5) is 14.5 Å². The van der Waals surface area contributed by atoms with E-state index in [9.17, 15) is 8.78 Å². The molecule has 0 N–H and O–H groups in total. The van der Waals surface area contributed by atoms with Gasteiger partial charge in [-0.1, -0.05) is 24.0 Å². The van der Waals surface area contributed by atoms with Crippen LogP contribution in [-0.4, -0.2) is 5.16 Å². The van der Waals surface area contributed by atoms with Crippen molar-refractivity contribution < 1.29 is 28.3 Å². The zero-order valence-electron chi connectivity index (χ0n) is 14.2. The molecule has 0 atom stereocenters. The number of benzene rings is 3. The van der Waals surface area contributed by atoms with Gasteiger partial charge in [-0.25, -0.2) is 8.78 Å². The quantitative estimate of drug-likeness (QED) is 0.153. The first-order valence-corrected chi connectivity index (χ1v) is 8.15. The fourth-order valence-electron chi connectivity index (χ4n) is 2.49. The van der Waals surface area contributed by atoms with Crippen molar-refractivity contribution in [3.05, 3.63) is 89.0 Å². The second kappa shape index (κ2) is 9.44. The molecular weight excluding hydrogens is 449 g/mol. The number of nitrogens with zero attached hydrogens (tertiary/aromatic N) is 1. The minimum atomic E-state index is -0.781. The van der Waals surface area contributed by atoms with E-state index >= 15 is 0 Å². The van der Waals surface area contributed by atoms with Crippen molar-refractivity contribution in [2.45, 2.75) is 6.92 Å². The molecule has 0 spiro atoms. The maximum absolute atomic E-state index is 14.1. The van der Waals surface area contributed by atoms with Crippen LogP contribution < -0.4 is 0 Å². The van der Waals surface area contributed by atoms with E-state index in [1.165, 1.54) is 0 Å². The van der Waals surface area contributed by atoms with Gasteiger partial charge >= 0.3 is 19.5 Å². The number of aryl methyl sites for hydroxylation is 1. The summed E-state index contributed by atoms with van der Waals surface area (Å²) in [6.07, 6.45) is 0. The Kier molecular flexibility index (Phi) is 7.28. The van der Waals surface area contributed by atoms with E-state index in [1.807, 2.05) is 49.4 Å². The molecule has 3 aromatic carbocycles. The molecular formula is C22H12F2NRuS. The Bertz CT molecular complexity index is 1060. The van der Waals surface area contributed by atoms with E-state index in [2.05, 4.69) is 40.3 Å². The first-order chi connectivity index (χ1) is 12.6. The third kappa shape index (κ3) is 5.03. The van der Waals surface area contributed by atoms with Gasteiger partial charge in [0, 0.05) is 17.7 Å². The van der Waals surface area contributed by atoms with Gasteiger partial charge in [-0.15, -0.1) is 5.56 Å². The van der Waals surface area contributed by atoms with Crippen LogP contribution in [0.15, 0.2) is 59.6 Å². The van der Waals surface area contributed by atoms with Crippen molar-refractivity contribution >= 4 is 23.1 Å². The molecule has 1 nitrogen and oxygen atoms in total. The Morgan fingerprint density at radius 3 is 2.19 bits per heavy atom. The SMILES string of the molecule is Cc1cc(-c2cc[c-]cc2)ccc1C#Cc1c(F)cc(N=C=S)cc1F.[Ru+]. The van der Waals surface area contributed by atoms with Gasteiger partial charge in [0.05, 0.1) is 16.4 Å². The first-order valence-electron chi connectivity index (χ1n) is 7.74. The summed E-state index contributed by atoms with van der Waals surface area (Å²) >= 11 is 4.44. The standard InChI is InChI=1S/C22H12F2NS.Ru/c1-15-11-18(17-5-3-2-4-6-17)8-7-16(15)9-10-20-21(23)12-19(25-14-26)13-22(20)24;/h3-8,11-13H,1H3;/q-1;+1. The number of hydrogen-bond donors (Lipinski definition) is 0. The number of isothiocyanates is 1. The van der Waals surface area contributed by atoms with Crippen molar-refractivity contribution in [2.75, 3.05) is 0 Å². The normalized spacial score (nSPS) is 9.44. The first kappa shape index (κ1) is 20.8. The largest absolute Gasteiger partial charge is 1.00 e. The van der Waals surface area contributed by atoms with Gasteiger partial charge in [-0.3, -0.25) is 0 Å². The summed E-state index contributed by atoms with van der Waals surface area (Å²) in [5.41, 5.74) is 3.51. The Balaban J connectivity index is 0.00000261. The van der Waals surface area contributed by atoms with E-state index < -0.39 is 11.6 Å². The van der Waals surface area contributed by atoms with E-state index in [0.29, 0.717) is 5.56 Å². The van der Waals surface area contributed by atoms with Crippen LogP contribution in [0, 0.1) is 36.5 Å². The van der Waals surface area contributed by atoms with Crippen molar-refractivity contribution in [3.63, 3.8) is 0 Å². The Hall–Kier alpha value is -2.50. The minimum absolute atomic E-state index is 0. The number of halogens is 2. The molecule has 3 rings (SSSR count). The summed E-state index contributed by atoms with van der Waals surface area (Å²) in [5, 5.41) is 2.08. The molecule has 0 aliphatic rings. The number of hydrogen-bond acceptors (Lipinski definition) is 2. The third-order valence-corrected chi connectivity index (χ3v) is 3.89. The van der Waals surface area contributed by atoms with E-state index in [0.717, 1.165) is 28.8 Å². The average Bonchev–Trinajstić information content (AvgIpc) is 2.63. The summed E-state index contributed by atoms with van der Waals surface area (Å²) in [6.45, 7) is 1.91. The van der Waals surface area contributed by atoms with Crippen molar-refractivity contribution in [1.82, 2.24) is 0 Å². The molecule has 0 aliphatic heterocycles. The Labute approximate surface area is 174 Å². The molecule has 3 aromatic rings. The smallest absolute Gasteiger partial charge is 0.205 e. The topological polar surface area (TPSA) is 12.4 Å². The second-order valence-electron chi connectivity index (χ2n) is 5.56. The zero-order valence-corrected chi connectivity index (χ0v) is 16.7. The summed E-state index contributed by atoms with van der Waals surface area (Å²) < 4.78 is 28.1. The van der Waals surface area contributed by atoms with E-state index in [-0.39, 0.29) is 30.7 Å². The van der Waals surface area contributed by atoms with E-state index in [4.69, 9.17) is 0 Å². The predicted octanol–water partition coefficient (Wildman–Crippen LogP) is 5.87. The van der Waals surface area contributed by atoms with Gasteiger partial charge < -0.3 is 0 Å². The molecule has 0 bridgehead atoms. The van der Waals surface area contributed by atoms with Crippen molar-refractivity contribution in [3.8, 4) is 23.0 Å². The Morgan fingerprint density at radius 2 is 1.59 bits per heavy atom. The van der Waals surface area contributed by atoms with Gasteiger partial charge in [0.2, 0.25) is 0 Å². The molecule has 1 radical (unpaired) electrons. The predicted molar refractivity (Wildman–Crippen MR) is 102 cm³/mol. The van der Waals surface area contributed by atoms with E-state index in [1.54, 1.807) is 0 Å². The second-order valence-corrected chi connectivity index (χ2v) is 5.74. The maximum Gasteiger partial charge on any atom is 1.00 e. The van der Waals surface area contributed by atoms with Crippen LogP contribution in [0.25, 0.3) is 11.1 Å². The molecule has 0 heterocycles. The minimum Gasteiger partial charge on any atom is -0.205 e. The molecule has 0 aromatic heterocycles. The molecule has 5 heteroatoms. The van der Waals surface area contributed by atoms with Crippen LogP contribution in [0.3, 0.4) is 0 Å². The van der Waals surface area contributed by atoms with Crippen LogP contribution >= 0.6 is 12.2 Å². The van der Waals surface area contributed by atoms with Gasteiger partial charge in [-0.05, 0) is 36.3 Å². The summed E-state index contributed by atoms with van der Waals surface area (Å²) in [6, 6.07) is 18.5. The van der Waals surface area contributed by atoms with Crippen LogP contribution in [0.2, 0.25) is 0 Å². The van der Waals surface area contributed by atoms with Crippen LogP contribution in [0.5, 0.6) is 0 Å². The summed E-state index contributed by atoms with van der Waals surface area (Å²) in [7, 11) is 0. The molecule has 0 amide bonds. The number of thiocarbonyl (C=S) groups is 1. The zero-order chi connectivity index (χ0) is 18.5.